The molecule has 9 heteroatoms. The number of benzene rings is 1. The van der Waals surface area contributed by atoms with E-state index in [9.17, 15) is 22.6 Å². The van der Waals surface area contributed by atoms with Gasteiger partial charge in [-0.25, -0.2) is 18.0 Å². The molecule has 1 aromatic carbocycles. The molecule has 0 saturated carbocycles. The summed E-state index contributed by atoms with van der Waals surface area (Å²) in [6, 6.07) is 5.90. The van der Waals surface area contributed by atoms with Crippen LogP contribution in [0.3, 0.4) is 0 Å². The fourth-order valence-electron chi connectivity index (χ4n) is 4.77. The van der Waals surface area contributed by atoms with Gasteiger partial charge in [-0.15, -0.1) is 0 Å². The van der Waals surface area contributed by atoms with Gasteiger partial charge in [-0.2, -0.15) is 0 Å². The van der Waals surface area contributed by atoms with Gasteiger partial charge in [0, 0.05) is 0 Å². The zero-order chi connectivity index (χ0) is 29.5. The van der Waals surface area contributed by atoms with Crippen molar-refractivity contribution in [3.63, 3.8) is 0 Å². The molecule has 0 saturated heterocycles. The summed E-state index contributed by atoms with van der Waals surface area (Å²) in [5.41, 5.74) is -1.91. The maximum Gasteiger partial charge on any atom is 1.00 e. The van der Waals surface area contributed by atoms with E-state index in [2.05, 4.69) is 6.92 Å². The second kappa shape index (κ2) is 26.1. The SMILES string of the molecule is CCCCCCCCCCCCCCCCCCCCOC(=O)c1ccccc1C(=O)OC(CCC)S(=O)(=O)[O-].[K+]. The van der Waals surface area contributed by atoms with Gasteiger partial charge in [-0.05, 0) is 25.0 Å². The Hall–Kier alpha value is -0.294. The predicted molar refractivity (Wildman–Crippen MR) is 159 cm³/mol. The van der Waals surface area contributed by atoms with E-state index in [1.54, 1.807) is 13.0 Å². The molecule has 0 N–H and O–H groups in total. The first-order valence-corrected chi connectivity index (χ1v) is 17.2. The normalized spacial score (nSPS) is 12.0. The second-order valence-corrected chi connectivity index (χ2v) is 12.3. The summed E-state index contributed by atoms with van der Waals surface area (Å²) in [7, 11) is -4.81. The number of unbranched alkanes of at least 4 members (excludes halogenated alkanes) is 17. The van der Waals surface area contributed by atoms with Crippen LogP contribution in [0.4, 0.5) is 0 Å². The molecular formula is C32H53KO7S. The van der Waals surface area contributed by atoms with Crippen LogP contribution in [-0.4, -0.2) is 37.0 Å². The van der Waals surface area contributed by atoms with Crippen LogP contribution in [0.15, 0.2) is 24.3 Å². The van der Waals surface area contributed by atoms with Crippen molar-refractivity contribution in [3.8, 4) is 0 Å². The summed E-state index contributed by atoms with van der Waals surface area (Å²) in [5, 5.41) is 0. The van der Waals surface area contributed by atoms with Gasteiger partial charge < -0.3 is 14.0 Å². The van der Waals surface area contributed by atoms with Crippen LogP contribution in [0.25, 0.3) is 0 Å². The molecule has 1 unspecified atom stereocenters. The number of esters is 2. The Kier molecular flexibility index (Phi) is 26.0. The maximum atomic E-state index is 12.6. The number of ether oxygens (including phenoxy) is 2. The van der Waals surface area contributed by atoms with Crippen molar-refractivity contribution in [1.29, 1.82) is 0 Å². The van der Waals surface area contributed by atoms with Crippen molar-refractivity contribution < 1.29 is 83.4 Å². The van der Waals surface area contributed by atoms with E-state index in [1.165, 1.54) is 115 Å². The Morgan fingerprint density at radius 1 is 0.659 bits per heavy atom. The summed E-state index contributed by atoms with van der Waals surface area (Å²) in [6.07, 6.45) is 23.3. The first-order valence-electron chi connectivity index (χ1n) is 15.7. The fourth-order valence-corrected chi connectivity index (χ4v) is 5.50. The van der Waals surface area contributed by atoms with Crippen molar-refractivity contribution in [2.24, 2.45) is 0 Å². The molecule has 0 radical (unpaired) electrons. The van der Waals surface area contributed by atoms with Crippen molar-refractivity contribution in [2.45, 2.75) is 148 Å². The minimum Gasteiger partial charge on any atom is -0.745 e. The molecule has 1 atom stereocenters. The molecule has 7 nitrogen and oxygen atoms in total. The Labute approximate surface area is 292 Å². The van der Waals surface area contributed by atoms with Crippen LogP contribution in [0.2, 0.25) is 0 Å². The maximum absolute atomic E-state index is 12.6. The number of rotatable bonds is 25. The molecule has 1 aromatic rings. The van der Waals surface area contributed by atoms with Gasteiger partial charge in [-0.3, -0.25) is 0 Å². The zero-order valence-corrected chi connectivity index (χ0v) is 29.9. The Morgan fingerprint density at radius 3 is 1.44 bits per heavy atom. The van der Waals surface area contributed by atoms with Crippen molar-refractivity contribution >= 4 is 22.1 Å². The third-order valence-electron chi connectivity index (χ3n) is 7.18. The molecule has 0 aromatic heterocycles. The average Bonchev–Trinajstić information content (AvgIpc) is 2.93. The predicted octanol–water partition coefficient (Wildman–Crippen LogP) is 5.72. The third-order valence-corrected chi connectivity index (χ3v) is 8.16. The summed E-state index contributed by atoms with van der Waals surface area (Å²) in [6.45, 7) is 4.19. The molecule has 0 fully saturated rings. The minimum absolute atomic E-state index is 0. The van der Waals surface area contributed by atoms with E-state index in [0.29, 0.717) is 6.42 Å². The minimum atomic E-state index is -4.81. The first kappa shape index (κ1) is 40.7. The number of carbonyl (C=O) groups excluding carboxylic acids is 2. The van der Waals surface area contributed by atoms with Gasteiger partial charge in [0.1, 0.15) is 10.1 Å². The molecule has 1 rings (SSSR count). The molecule has 0 aliphatic carbocycles. The molecule has 0 heterocycles. The molecule has 0 aliphatic heterocycles. The van der Waals surface area contributed by atoms with Gasteiger partial charge in [0.05, 0.1) is 17.7 Å². The largest absolute Gasteiger partial charge is 1.00 e. The van der Waals surface area contributed by atoms with E-state index < -0.39 is 27.5 Å². The van der Waals surface area contributed by atoms with E-state index in [-0.39, 0.29) is 75.5 Å². The molecule has 230 valence electrons. The van der Waals surface area contributed by atoms with Crippen LogP contribution in [0.5, 0.6) is 0 Å². The monoisotopic (exact) mass is 620 g/mol. The molecule has 0 aliphatic rings. The van der Waals surface area contributed by atoms with E-state index in [0.717, 1.165) is 19.3 Å². The topological polar surface area (TPSA) is 110 Å². The summed E-state index contributed by atoms with van der Waals surface area (Å²) in [4.78, 5) is 25.1. The number of hydrogen-bond donors (Lipinski definition) is 0. The van der Waals surface area contributed by atoms with Gasteiger partial charge in [0.2, 0.25) is 0 Å². The fraction of sp³-hybridized carbons (Fsp3) is 0.750. The van der Waals surface area contributed by atoms with Gasteiger partial charge in [0.25, 0.3) is 0 Å². The average molecular weight is 621 g/mol. The van der Waals surface area contributed by atoms with Crippen molar-refractivity contribution in [1.82, 2.24) is 0 Å². The van der Waals surface area contributed by atoms with E-state index in [1.807, 2.05) is 0 Å². The molecule has 0 bridgehead atoms. The molecule has 0 amide bonds. The van der Waals surface area contributed by atoms with Crippen LogP contribution >= 0.6 is 0 Å². The standard InChI is InChI=1S/C32H54O7S.K/c1-3-5-6-7-8-9-10-11-12-13-14-15-16-17-18-19-20-23-27-38-31(33)28-25-21-22-26-29(28)32(34)39-30(24-4-2)40(35,36)37;/h21-22,25-26,30H,3-20,23-24,27H2,1-2H3,(H,35,36,37);/q;+1/p-1. The van der Waals surface area contributed by atoms with Crippen molar-refractivity contribution in [3.05, 3.63) is 35.4 Å². The Bertz CT molecular complexity index is 920. The Balaban J connectivity index is 0.0000160. The molecule has 41 heavy (non-hydrogen) atoms. The summed E-state index contributed by atoms with van der Waals surface area (Å²) < 4.78 is 44.4. The van der Waals surface area contributed by atoms with Crippen molar-refractivity contribution in [2.75, 3.05) is 6.61 Å². The van der Waals surface area contributed by atoms with Crippen LogP contribution < -0.4 is 51.4 Å². The summed E-state index contributed by atoms with van der Waals surface area (Å²) in [5.74, 6) is -1.70. The third kappa shape index (κ3) is 20.3. The number of hydrogen-bond acceptors (Lipinski definition) is 7. The van der Waals surface area contributed by atoms with Crippen LogP contribution in [0.1, 0.15) is 163 Å². The van der Waals surface area contributed by atoms with Gasteiger partial charge >= 0.3 is 63.3 Å². The van der Waals surface area contributed by atoms with Crippen LogP contribution in [0, 0.1) is 0 Å². The second-order valence-electron chi connectivity index (χ2n) is 10.8. The molecule has 0 spiro atoms. The Morgan fingerprint density at radius 2 is 1.05 bits per heavy atom. The molecular weight excluding hydrogens is 568 g/mol. The van der Waals surface area contributed by atoms with Gasteiger partial charge in [0.15, 0.2) is 5.44 Å². The van der Waals surface area contributed by atoms with E-state index in [4.69, 9.17) is 9.47 Å². The van der Waals surface area contributed by atoms with Gasteiger partial charge in [-0.1, -0.05) is 142 Å². The quantitative estimate of drug-likeness (QED) is 0.0595. The zero-order valence-electron chi connectivity index (χ0n) is 26.0. The summed E-state index contributed by atoms with van der Waals surface area (Å²) >= 11 is 0. The number of carbonyl (C=O) groups is 2. The first-order chi connectivity index (χ1) is 19.3. The smallest absolute Gasteiger partial charge is 0.745 e. The van der Waals surface area contributed by atoms with Crippen LogP contribution in [-0.2, 0) is 19.6 Å². The van der Waals surface area contributed by atoms with E-state index >= 15 is 0 Å².